The van der Waals surface area contributed by atoms with Gasteiger partial charge in [0.15, 0.2) is 28.8 Å². The van der Waals surface area contributed by atoms with Crippen molar-refractivity contribution in [3.05, 3.63) is 57.6 Å². The average Bonchev–Trinajstić information content (AvgIpc) is 2.71. The number of ether oxygens (including phenoxy) is 4. The Morgan fingerprint density at radius 1 is 1.00 bits per heavy atom. The third-order valence-corrected chi connectivity index (χ3v) is 3.88. The molecule has 8 heteroatoms. The van der Waals surface area contributed by atoms with Gasteiger partial charge in [-0.2, -0.15) is 0 Å². The normalized spacial score (nSPS) is 10.6. The third-order valence-electron chi connectivity index (χ3n) is 3.88. The molecule has 8 nitrogen and oxygen atoms in total. The molecular weight excluding hydrogens is 366 g/mol. The average molecular weight is 387 g/mol. The fraction of sp³-hybridized carbons (Fsp3) is 0.250. The van der Waals surface area contributed by atoms with Gasteiger partial charge in [-0.15, -0.1) is 0 Å². The molecule has 0 aliphatic rings. The highest BCUT2D eigenvalue weighted by molar-refractivity contribution is 6.10. The zero-order valence-corrected chi connectivity index (χ0v) is 16.1. The number of nitro groups is 1. The van der Waals surface area contributed by atoms with Gasteiger partial charge >= 0.3 is 0 Å². The Morgan fingerprint density at radius 3 is 2.18 bits per heavy atom. The lowest BCUT2D eigenvalue weighted by molar-refractivity contribution is -0.385. The Labute approximate surface area is 162 Å². The van der Waals surface area contributed by atoms with Gasteiger partial charge in [-0.1, -0.05) is 12.1 Å². The molecule has 2 rings (SSSR count). The molecule has 0 saturated heterocycles. The number of carbonyl (C=O) groups is 1. The second-order valence-electron chi connectivity index (χ2n) is 5.52. The van der Waals surface area contributed by atoms with E-state index in [1.165, 1.54) is 39.5 Å². The van der Waals surface area contributed by atoms with Crippen molar-refractivity contribution in [1.29, 1.82) is 0 Å². The first-order valence-electron chi connectivity index (χ1n) is 8.38. The fourth-order valence-corrected chi connectivity index (χ4v) is 2.54. The van der Waals surface area contributed by atoms with Gasteiger partial charge in [-0.05, 0) is 30.7 Å². The number of carbonyl (C=O) groups excluding carboxylic acids is 1. The molecule has 0 atom stereocenters. The monoisotopic (exact) mass is 387 g/mol. The van der Waals surface area contributed by atoms with Gasteiger partial charge in [-0.25, -0.2) is 0 Å². The molecule has 0 unspecified atom stereocenters. The summed E-state index contributed by atoms with van der Waals surface area (Å²) in [5.41, 5.74) is 0.213. The highest BCUT2D eigenvalue weighted by Gasteiger charge is 2.23. The maximum atomic E-state index is 12.6. The number of methoxy groups -OCH3 is 3. The lowest BCUT2D eigenvalue weighted by atomic mass is 10.1. The van der Waals surface area contributed by atoms with Crippen LogP contribution in [0.4, 0.5) is 5.69 Å². The van der Waals surface area contributed by atoms with Gasteiger partial charge in [0.1, 0.15) is 5.56 Å². The summed E-state index contributed by atoms with van der Waals surface area (Å²) in [7, 11) is 4.27. The van der Waals surface area contributed by atoms with E-state index in [4.69, 9.17) is 18.9 Å². The molecule has 148 valence electrons. The van der Waals surface area contributed by atoms with Gasteiger partial charge in [-0.3, -0.25) is 14.9 Å². The van der Waals surface area contributed by atoms with Crippen molar-refractivity contribution in [2.24, 2.45) is 0 Å². The molecule has 0 spiro atoms. The minimum atomic E-state index is -0.636. The summed E-state index contributed by atoms with van der Waals surface area (Å²) >= 11 is 0. The maximum Gasteiger partial charge on any atom is 0.284 e. The molecular formula is C20H21NO7. The Balaban J connectivity index is 2.37. The standard InChI is InChI=1S/C20H21NO7/c1-5-28-17-9-7-13(10-18(17)25-2)6-8-16(22)14-11-19(26-3)20(27-4)12-15(14)21(23)24/h6-12H,5H2,1-4H3. The summed E-state index contributed by atoms with van der Waals surface area (Å²) < 4.78 is 20.9. The molecule has 0 aliphatic heterocycles. The molecule has 0 N–H and O–H groups in total. The van der Waals surface area contributed by atoms with Crippen molar-refractivity contribution < 1.29 is 28.7 Å². The summed E-state index contributed by atoms with van der Waals surface area (Å²) in [6.07, 6.45) is 2.80. The second-order valence-corrected chi connectivity index (χ2v) is 5.52. The Bertz CT molecular complexity index is 906. The van der Waals surface area contributed by atoms with Crippen LogP contribution in [0.15, 0.2) is 36.4 Å². The van der Waals surface area contributed by atoms with Crippen LogP contribution in [0.1, 0.15) is 22.8 Å². The van der Waals surface area contributed by atoms with Crippen molar-refractivity contribution in [1.82, 2.24) is 0 Å². The third kappa shape index (κ3) is 4.59. The Kier molecular flexibility index (Phi) is 6.97. The van der Waals surface area contributed by atoms with E-state index in [2.05, 4.69) is 0 Å². The number of hydrogen-bond donors (Lipinski definition) is 0. The van der Waals surface area contributed by atoms with Crippen molar-refractivity contribution in [3.8, 4) is 23.0 Å². The summed E-state index contributed by atoms with van der Waals surface area (Å²) in [5.74, 6) is 0.969. The van der Waals surface area contributed by atoms with Crippen molar-refractivity contribution in [2.75, 3.05) is 27.9 Å². The predicted octanol–water partition coefficient (Wildman–Crippen LogP) is 3.92. The molecule has 0 saturated carbocycles. The van der Waals surface area contributed by atoms with Crippen molar-refractivity contribution in [3.63, 3.8) is 0 Å². The van der Waals surface area contributed by atoms with Crippen molar-refractivity contribution >= 4 is 17.5 Å². The van der Waals surface area contributed by atoms with Crippen LogP contribution in [0.5, 0.6) is 23.0 Å². The molecule has 0 heterocycles. The van der Waals surface area contributed by atoms with Crippen LogP contribution < -0.4 is 18.9 Å². The number of hydrogen-bond acceptors (Lipinski definition) is 7. The SMILES string of the molecule is CCOc1ccc(C=CC(=O)c2cc(OC)c(OC)cc2[N+](=O)[O-])cc1OC. The van der Waals surface area contributed by atoms with Crippen LogP contribution in [0.25, 0.3) is 6.08 Å². The first-order chi connectivity index (χ1) is 13.4. The van der Waals surface area contributed by atoms with Crippen LogP contribution in [0.2, 0.25) is 0 Å². The number of nitro benzene ring substituents is 1. The summed E-state index contributed by atoms with van der Waals surface area (Å²) in [5, 5.41) is 11.4. The van der Waals surface area contributed by atoms with Gasteiger partial charge in [0.2, 0.25) is 0 Å². The lowest BCUT2D eigenvalue weighted by Crippen LogP contribution is -2.03. The van der Waals surface area contributed by atoms with Gasteiger partial charge < -0.3 is 18.9 Å². The minimum absolute atomic E-state index is 0.100. The summed E-state index contributed by atoms with van der Waals surface area (Å²) in [4.78, 5) is 23.3. The predicted molar refractivity (Wildman–Crippen MR) is 104 cm³/mol. The number of allylic oxidation sites excluding steroid dienone is 1. The van der Waals surface area contributed by atoms with E-state index in [0.717, 1.165) is 0 Å². The zero-order chi connectivity index (χ0) is 20.7. The first-order valence-corrected chi connectivity index (χ1v) is 8.38. The van der Waals surface area contributed by atoms with Gasteiger partial charge in [0.25, 0.3) is 5.69 Å². The fourth-order valence-electron chi connectivity index (χ4n) is 2.54. The van der Waals surface area contributed by atoms with E-state index >= 15 is 0 Å². The topological polar surface area (TPSA) is 97.1 Å². The molecule has 0 fully saturated rings. The van der Waals surface area contributed by atoms with E-state index in [1.807, 2.05) is 6.92 Å². The number of rotatable bonds is 9. The van der Waals surface area contributed by atoms with Gasteiger partial charge in [0.05, 0.1) is 38.9 Å². The van der Waals surface area contributed by atoms with Gasteiger partial charge in [0, 0.05) is 6.07 Å². The molecule has 28 heavy (non-hydrogen) atoms. The smallest absolute Gasteiger partial charge is 0.284 e. The van der Waals surface area contributed by atoms with E-state index in [-0.39, 0.29) is 22.7 Å². The zero-order valence-electron chi connectivity index (χ0n) is 16.1. The molecule has 2 aromatic carbocycles. The van der Waals surface area contributed by atoms with Crippen LogP contribution >= 0.6 is 0 Å². The van der Waals surface area contributed by atoms with Crippen molar-refractivity contribution in [2.45, 2.75) is 6.92 Å². The second kappa shape index (κ2) is 9.40. The highest BCUT2D eigenvalue weighted by atomic mass is 16.6. The molecule has 2 aromatic rings. The molecule has 0 amide bonds. The Morgan fingerprint density at radius 2 is 1.61 bits per heavy atom. The number of ketones is 1. The maximum absolute atomic E-state index is 12.6. The van der Waals surface area contributed by atoms with Crippen LogP contribution in [0.3, 0.4) is 0 Å². The minimum Gasteiger partial charge on any atom is -0.493 e. The van der Waals surface area contributed by atoms with E-state index in [9.17, 15) is 14.9 Å². The quantitative estimate of drug-likeness (QED) is 0.278. The van der Waals surface area contributed by atoms with Crippen LogP contribution in [0, 0.1) is 10.1 Å². The first kappa shape index (κ1) is 20.8. The highest BCUT2D eigenvalue weighted by Crippen LogP contribution is 2.35. The summed E-state index contributed by atoms with van der Waals surface area (Å²) in [6.45, 7) is 2.36. The molecule has 0 bridgehead atoms. The number of nitrogens with zero attached hydrogens (tertiary/aromatic N) is 1. The van der Waals surface area contributed by atoms with E-state index < -0.39 is 10.7 Å². The van der Waals surface area contributed by atoms with E-state index in [1.54, 1.807) is 24.3 Å². The largest absolute Gasteiger partial charge is 0.493 e. The van der Waals surface area contributed by atoms with Crippen LogP contribution in [-0.2, 0) is 0 Å². The number of benzene rings is 2. The molecule has 0 aromatic heterocycles. The molecule has 0 radical (unpaired) electrons. The van der Waals surface area contributed by atoms with Crippen LogP contribution in [-0.4, -0.2) is 38.6 Å². The Hall–Kier alpha value is -3.55. The molecule has 0 aliphatic carbocycles. The lowest BCUT2D eigenvalue weighted by Gasteiger charge is -2.10. The van der Waals surface area contributed by atoms with E-state index in [0.29, 0.717) is 23.7 Å². The summed E-state index contributed by atoms with van der Waals surface area (Å²) in [6, 6.07) is 7.64.